The highest BCUT2D eigenvalue weighted by Gasteiger charge is 2.10. The molecule has 8 heteroatoms. The highest BCUT2D eigenvalue weighted by atomic mass is 79.9. The summed E-state index contributed by atoms with van der Waals surface area (Å²) in [6, 6.07) is 10.7. The average Bonchev–Trinajstić information content (AvgIpc) is 2.62. The summed E-state index contributed by atoms with van der Waals surface area (Å²) in [5.41, 5.74) is 1.77. The van der Waals surface area contributed by atoms with Crippen molar-refractivity contribution in [1.82, 2.24) is 9.66 Å². The SMILES string of the molecule is CC(=O)Oc1cc(N(C)C)ccc1C=Nn1c(C)nc2ccc(Br)cc2c1=O. The lowest BCUT2D eigenvalue weighted by Gasteiger charge is -2.15. The van der Waals surface area contributed by atoms with E-state index in [1.165, 1.54) is 17.8 Å². The number of benzene rings is 2. The van der Waals surface area contributed by atoms with E-state index in [1.807, 2.05) is 31.1 Å². The fourth-order valence-electron chi connectivity index (χ4n) is 2.67. The Labute approximate surface area is 170 Å². The van der Waals surface area contributed by atoms with Crippen molar-refractivity contribution in [2.75, 3.05) is 19.0 Å². The van der Waals surface area contributed by atoms with Gasteiger partial charge in [0.05, 0.1) is 17.1 Å². The fourth-order valence-corrected chi connectivity index (χ4v) is 3.03. The topological polar surface area (TPSA) is 76.8 Å². The van der Waals surface area contributed by atoms with E-state index in [9.17, 15) is 9.59 Å². The van der Waals surface area contributed by atoms with Crippen LogP contribution in [0.1, 0.15) is 18.3 Å². The molecule has 0 aliphatic heterocycles. The van der Waals surface area contributed by atoms with Crippen LogP contribution in [-0.4, -0.2) is 35.9 Å². The van der Waals surface area contributed by atoms with Crippen LogP contribution in [0.4, 0.5) is 5.69 Å². The monoisotopic (exact) mass is 442 g/mol. The molecule has 3 aromatic rings. The number of hydrogen-bond donors (Lipinski definition) is 0. The molecule has 144 valence electrons. The molecule has 0 spiro atoms. The molecule has 2 aromatic carbocycles. The van der Waals surface area contributed by atoms with Crippen molar-refractivity contribution in [2.24, 2.45) is 5.10 Å². The number of hydrogen-bond acceptors (Lipinski definition) is 6. The molecule has 28 heavy (non-hydrogen) atoms. The molecule has 0 radical (unpaired) electrons. The Morgan fingerprint density at radius 3 is 2.68 bits per heavy atom. The van der Waals surface area contributed by atoms with Gasteiger partial charge in [0, 0.05) is 42.8 Å². The molecule has 0 bridgehead atoms. The molecule has 0 unspecified atom stereocenters. The van der Waals surface area contributed by atoms with Gasteiger partial charge in [-0.1, -0.05) is 15.9 Å². The third-order valence-electron chi connectivity index (χ3n) is 4.05. The molecule has 0 N–H and O–H groups in total. The summed E-state index contributed by atoms with van der Waals surface area (Å²) < 4.78 is 7.32. The molecular weight excluding hydrogens is 424 g/mol. The molecule has 0 aliphatic carbocycles. The Morgan fingerprint density at radius 2 is 2.00 bits per heavy atom. The summed E-state index contributed by atoms with van der Waals surface area (Å²) in [4.78, 5) is 30.6. The van der Waals surface area contributed by atoms with Gasteiger partial charge in [-0.05, 0) is 37.3 Å². The fraction of sp³-hybridized carbons (Fsp3) is 0.200. The van der Waals surface area contributed by atoms with Crippen molar-refractivity contribution in [3.63, 3.8) is 0 Å². The Hall–Kier alpha value is -3.00. The Balaban J connectivity index is 2.09. The van der Waals surface area contributed by atoms with E-state index < -0.39 is 5.97 Å². The van der Waals surface area contributed by atoms with Crippen molar-refractivity contribution in [1.29, 1.82) is 0 Å². The molecule has 0 saturated carbocycles. The Bertz CT molecular complexity index is 1150. The zero-order valence-electron chi connectivity index (χ0n) is 15.9. The number of carbonyl (C=O) groups excluding carboxylic acids is 1. The lowest BCUT2D eigenvalue weighted by atomic mass is 10.2. The second kappa shape index (κ2) is 7.93. The first-order valence-corrected chi connectivity index (χ1v) is 9.28. The molecule has 1 aromatic heterocycles. The maximum atomic E-state index is 12.8. The maximum Gasteiger partial charge on any atom is 0.308 e. The van der Waals surface area contributed by atoms with Crippen LogP contribution < -0.4 is 15.2 Å². The summed E-state index contributed by atoms with van der Waals surface area (Å²) in [5.74, 6) is 0.385. The number of rotatable bonds is 4. The van der Waals surface area contributed by atoms with E-state index in [1.54, 1.807) is 31.2 Å². The smallest absolute Gasteiger partial charge is 0.308 e. The van der Waals surface area contributed by atoms with Gasteiger partial charge in [0.1, 0.15) is 11.6 Å². The summed E-state index contributed by atoms with van der Waals surface area (Å²) in [7, 11) is 3.78. The highest BCUT2D eigenvalue weighted by molar-refractivity contribution is 9.10. The van der Waals surface area contributed by atoms with E-state index in [0.717, 1.165) is 10.2 Å². The summed E-state index contributed by atoms with van der Waals surface area (Å²) in [5, 5.41) is 4.75. The lowest BCUT2D eigenvalue weighted by molar-refractivity contribution is -0.131. The van der Waals surface area contributed by atoms with Crippen molar-refractivity contribution in [3.8, 4) is 5.75 Å². The zero-order valence-corrected chi connectivity index (χ0v) is 17.5. The van der Waals surface area contributed by atoms with E-state index in [4.69, 9.17) is 4.74 Å². The van der Waals surface area contributed by atoms with Crippen LogP contribution in [0.25, 0.3) is 10.9 Å². The minimum absolute atomic E-state index is 0.279. The quantitative estimate of drug-likeness (QED) is 0.351. The molecule has 0 aliphatic rings. The van der Waals surface area contributed by atoms with Crippen LogP contribution in [-0.2, 0) is 4.79 Å². The first kappa shape index (κ1) is 19.8. The second-order valence-corrected chi connectivity index (χ2v) is 7.31. The van der Waals surface area contributed by atoms with Gasteiger partial charge in [-0.3, -0.25) is 9.59 Å². The standard InChI is InChI=1S/C20H19BrN4O3/c1-12-23-18-8-6-15(21)9-17(18)20(27)25(12)22-11-14-5-7-16(24(3)4)10-19(14)28-13(2)26/h5-11H,1-4H3. The number of aryl methyl sites for hydroxylation is 1. The third-order valence-corrected chi connectivity index (χ3v) is 4.54. The average molecular weight is 443 g/mol. The molecular formula is C20H19BrN4O3. The predicted octanol–water partition coefficient (Wildman–Crippen LogP) is 3.34. The summed E-state index contributed by atoms with van der Waals surface area (Å²) in [6.45, 7) is 3.05. The van der Waals surface area contributed by atoms with E-state index in [0.29, 0.717) is 28.0 Å². The number of anilines is 1. The van der Waals surface area contributed by atoms with Gasteiger partial charge in [-0.2, -0.15) is 9.78 Å². The maximum absolute atomic E-state index is 12.8. The number of halogens is 1. The second-order valence-electron chi connectivity index (χ2n) is 6.39. The van der Waals surface area contributed by atoms with Gasteiger partial charge in [-0.25, -0.2) is 4.98 Å². The third kappa shape index (κ3) is 4.12. The molecule has 1 heterocycles. The summed E-state index contributed by atoms with van der Waals surface area (Å²) in [6.07, 6.45) is 1.48. The normalized spacial score (nSPS) is 11.2. The number of ether oxygens (including phenoxy) is 1. The molecule has 0 amide bonds. The van der Waals surface area contributed by atoms with Crippen LogP contribution in [0.2, 0.25) is 0 Å². The van der Waals surface area contributed by atoms with Crippen LogP contribution in [0, 0.1) is 6.92 Å². The Morgan fingerprint density at radius 1 is 1.25 bits per heavy atom. The predicted molar refractivity (Wildman–Crippen MR) is 114 cm³/mol. The van der Waals surface area contributed by atoms with Gasteiger partial charge < -0.3 is 9.64 Å². The molecule has 0 atom stereocenters. The van der Waals surface area contributed by atoms with Crippen molar-refractivity contribution in [3.05, 3.63) is 62.6 Å². The number of aromatic nitrogens is 2. The van der Waals surface area contributed by atoms with Crippen molar-refractivity contribution >= 4 is 44.7 Å². The summed E-state index contributed by atoms with van der Waals surface area (Å²) >= 11 is 3.37. The van der Waals surface area contributed by atoms with Gasteiger partial charge in [0.2, 0.25) is 0 Å². The van der Waals surface area contributed by atoms with Crippen LogP contribution >= 0.6 is 15.9 Å². The molecule has 3 rings (SSSR count). The minimum atomic E-state index is -0.434. The van der Waals surface area contributed by atoms with Crippen molar-refractivity contribution in [2.45, 2.75) is 13.8 Å². The van der Waals surface area contributed by atoms with E-state index in [2.05, 4.69) is 26.0 Å². The molecule has 0 saturated heterocycles. The minimum Gasteiger partial charge on any atom is -0.426 e. The molecule has 0 fully saturated rings. The van der Waals surface area contributed by atoms with Crippen molar-refractivity contribution < 1.29 is 9.53 Å². The van der Waals surface area contributed by atoms with E-state index in [-0.39, 0.29) is 5.56 Å². The Kier molecular flexibility index (Phi) is 5.60. The van der Waals surface area contributed by atoms with Gasteiger partial charge in [0.25, 0.3) is 5.56 Å². The first-order valence-electron chi connectivity index (χ1n) is 8.49. The largest absolute Gasteiger partial charge is 0.426 e. The van der Waals surface area contributed by atoms with Gasteiger partial charge in [-0.15, -0.1) is 0 Å². The van der Waals surface area contributed by atoms with Gasteiger partial charge in [0.15, 0.2) is 0 Å². The number of esters is 1. The van der Waals surface area contributed by atoms with Crippen LogP contribution in [0.15, 0.2) is 50.8 Å². The van der Waals surface area contributed by atoms with Crippen LogP contribution in [0.3, 0.4) is 0 Å². The number of fused-ring (bicyclic) bond motifs is 1. The van der Waals surface area contributed by atoms with E-state index >= 15 is 0 Å². The van der Waals surface area contributed by atoms with Crippen LogP contribution in [0.5, 0.6) is 5.75 Å². The zero-order chi connectivity index (χ0) is 20.4. The molecule has 7 nitrogen and oxygen atoms in total. The lowest BCUT2D eigenvalue weighted by Crippen LogP contribution is -2.20. The highest BCUT2D eigenvalue weighted by Crippen LogP contribution is 2.24. The number of carbonyl (C=O) groups is 1. The first-order chi connectivity index (χ1) is 13.3. The van der Waals surface area contributed by atoms with Gasteiger partial charge >= 0.3 is 5.97 Å². The number of nitrogens with zero attached hydrogens (tertiary/aromatic N) is 4.